The molecule has 0 N–H and O–H groups in total. The molecule has 3 atom stereocenters. The third kappa shape index (κ3) is 2.81. The van der Waals surface area contributed by atoms with Crippen molar-refractivity contribution < 1.29 is 14.2 Å². The highest BCUT2D eigenvalue weighted by Gasteiger charge is 2.38. The molecule has 0 aliphatic carbocycles. The van der Waals surface area contributed by atoms with Gasteiger partial charge in [-0.1, -0.05) is 22.9 Å². The van der Waals surface area contributed by atoms with Crippen molar-refractivity contribution in [2.75, 3.05) is 14.2 Å². The fourth-order valence-corrected chi connectivity index (χ4v) is 2.80. The van der Waals surface area contributed by atoms with E-state index in [0.29, 0.717) is 18.1 Å². The van der Waals surface area contributed by atoms with Crippen LogP contribution in [0.4, 0.5) is 0 Å². The van der Waals surface area contributed by atoms with Gasteiger partial charge in [0.1, 0.15) is 0 Å². The van der Waals surface area contributed by atoms with Crippen molar-refractivity contribution in [1.29, 1.82) is 0 Å². The van der Waals surface area contributed by atoms with Crippen LogP contribution >= 0.6 is 15.9 Å². The highest BCUT2D eigenvalue weighted by atomic mass is 79.9. The molecule has 1 aromatic carbocycles. The van der Waals surface area contributed by atoms with Gasteiger partial charge < -0.3 is 14.2 Å². The first kappa shape index (κ1) is 13.7. The minimum atomic E-state index is 0.394. The maximum absolute atomic E-state index is 5.52. The number of epoxide rings is 1. The summed E-state index contributed by atoms with van der Waals surface area (Å²) in [5.41, 5.74) is 1.22. The predicted octanol–water partition coefficient (Wildman–Crippen LogP) is 3.43. The van der Waals surface area contributed by atoms with Crippen LogP contribution < -0.4 is 9.47 Å². The molecule has 0 saturated carbocycles. The van der Waals surface area contributed by atoms with Crippen LogP contribution in [0.25, 0.3) is 0 Å². The fourth-order valence-electron chi connectivity index (χ4n) is 2.32. The van der Waals surface area contributed by atoms with Crippen LogP contribution in [-0.4, -0.2) is 26.4 Å². The lowest BCUT2D eigenvalue weighted by Crippen LogP contribution is -2.09. The lowest BCUT2D eigenvalue weighted by Gasteiger charge is -2.14. The summed E-state index contributed by atoms with van der Waals surface area (Å²) in [7, 11) is 3.30. The van der Waals surface area contributed by atoms with Crippen molar-refractivity contribution in [3.05, 3.63) is 22.2 Å². The standard InChI is InChI=1S/C14H19BrO3/c1-8(14-9(2)18-14)5-10-6-12(16-3)13(17-4)7-11(10)15/h6-9,14H,5H2,1-4H3. The Hall–Kier alpha value is -0.740. The number of hydrogen-bond acceptors (Lipinski definition) is 3. The molecular formula is C14H19BrO3. The average Bonchev–Trinajstić information content (AvgIpc) is 3.08. The second-order valence-electron chi connectivity index (χ2n) is 4.79. The van der Waals surface area contributed by atoms with Crippen molar-refractivity contribution in [2.24, 2.45) is 5.92 Å². The Kier molecular flexibility index (Phi) is 4.17. The molecule has 1 fully saturated rings. The van der Waals surface area contributed by atoms with Crippen LogP contribution in [0.1, 0.15) is 19.4 Å². The first-order valence-corrected chi connectivity index (χ1v) is 6.92. The van der Waals surface area contributed by atoms with Gasteiger partial charge in [0.05, 0.1) is 26.4 Å². The second kappa shape index (κ2) is 5.49. The van der Waals surface area contributed by atoms with Gasteiger partial charge in [-0.15, -0.1) is 0 Å². The van der Waals surface area contributed by atoms with Gasteiger partial charge in [0.2, 0.25) is 0 Å². The monoisotopic (exact) mass is 314 g/mol. The molecule has 0 amide bonds. The summed E-state index contributed by atoms with van der Waals surface area (Å²) in [6, 6.07) is 3.99. The molecule has 100 valence electrons. The summed E-state index contributed by atoms with van der Waals surface area (Å²) in [4.78, 5) is 0. The van der Waals surface area contributed by atoms with Crippen LogP contribution in [0.2, 0.25) is 0 Å². The van der Waals surface area contributed by atoms with Gasteiger partial charge in [0.25, 0.3) is 0 Å². The largest absolute Gasteiger partial charge is 0.493 e. The maximum Gasteiger partial charge on any atom is 0.161 e. The molecule has 0 spiro atoms. The predicted molar refractivity (Wildman–Crippen MR) is 74.4 cm³/mol. The normalized spacial score (nSPS) is 23.6. The van der Waals surface area contributed by atoms with E-state index in [9.17, 15) is 0 Å². The van der Waals surface area contributed by atoms with Gasteiger partial charge in [-0.25, -0.2) is 0 Å². The molecule has 18 heavy (non-hydrogen) atoms. The quantitative estimate of drug-likeness (QED) is 0.780. The van der Waals surface area contributed by atoms with Crippen molar-refractivity contribution in [3.63, 3.8) is 0 Å². The van der Waals surface area contributed by atoms with Gasteiger partial charge in [0.15, 0.2) is 11.5 Å². The Labute approximate surface area is 117 Å². The van der Waals surface area contributed by atoms with Gasteiger partial charge in [-0.3, -0.25) is 0 Å². The van der Waals surface area contributed by atoms with E-state index in [1.54, 1.807) is 14.2 Å². The van der Waals surface area contributed by atoms with Gasteiger partial charge in [-0.2, -0.15) is 0 Å². The zero-order valence-electron chi connectivity index (χ0n) is 11.2. The lowest BCUT2D eigenvalue weighted by atomic mass is 9.96. The topological polar surface area (TPSA) is 31.0 Å². The third-order valence-corrected chi connectivity index (χ3v) is 4.15. The van der Waals surface area contributed by atoms with Gasteiger partial charge >= 0.3 is 0 Å². The molecule has 0 aromatic heterocycles. The van der Waals surface area contributed by atoms with Crippen LogP contribution in [0.15, 0.2) is 16.6 Å². The summed E-state index contributed by atoms with van der Waals surface area (Å²) in [5, 5.41) is 0. The number of rotatable bonds is 5. The maximum atomic E-state index is 5.52. The summed E-state index contributed by atoms with van der Waals surface area (Å²) >= 11 is 3.59. The third-order valence-electron chi connectivity index (χ3n) is 3.41. The van der Waals surface area contributed by atoms with E-state index in [-0.39, 0.29) is 0 Å². The van der Waals surface area contributed by atoms with Crippen molar-refractivity contribution in [3.8, 4) is 11.5 Å². The molecule has 1 heterocycles. The number of methoxy groups -OCH3 is 2. The van der Waals surface area contributed by atoms with Crippen LogP contribution in [0.3, 0.4) is 0 Å². The van der Waals surface area contributed by atoms with Crippen molar-refractivity contribution in [1.82, 2.24) is 0 Å². The second-order valence-corrected chi connectivity index (χ2v) is 5.64. The fraction of sp³-hybridized carbons (Fsp3) is 0.571. The Morgan fingerprint density at radius 2 is 1.83 bits per heavy atom. The van der Waals surface area contributed by atoms with Crippen LogP contribution in [0, 0.1) is 5.92 Å². The molecule has 3 nitrogen and oxygen atoms in total. The minimum Gasteiger partial charge on any atom is -0.493 e. The molecule has 1 aliphatic heterocycles. The molecule has 4 heteroatoms. The van der Waals surface area contributed by atoms with E-state index in [2.05, 4.69) is 29.8 Å². The minimum absolute atomic E-state index is 0.394. The van der Waals surface area contributed by atoms with E-state index in [1.165, 1.54) is 5.56 Å². The Morgan fingerprint density at radius 1 is 1.28 bits per heavy atom. The first-order valence-electron chi connectivity index (χ1n) is 6.12. The van der Waals surface area contributed by atoms with Crippen molar-refractivity contribution >= 4 is 15.9 Å². The molecule has 0 radical (unpaired) electrons. The van der Waals surface area contributed by atoms with E-state index < -0.39 is 0 Å². The Bertz CT molecular complexity index is 433. The average molecular weight is 315 g/mol. The zero-order chi connectivity index (χ0) is 13.3. The van der Waals surface area contributed by atoms with Gasteiger partial charge in [0, 0.05) is 4.47 Å². The molecule has 2 rings (SSSR count). The summed E-state index contributed by atoms with van der Waals surface area (Å²) < 4.78 is 17.2. The number of halogens is 1. The summed E-state index contributed by atoms with van der Waals surface area (Å²) in [6.07, 6.45) is 1.76. The van der Waals surface area contributed by atoms with Crippen molar-refractivity contribution in [2.45, 2.75) is 32.5 Å². The van der Waals surface area contributed by atoms with E-state index in [4.69, 9.17) is 14.2 Å². The number of hydrogen-bond donors (Lipinski definition) is 0. The molecule has 1 saturated heterocycles. The van der Waals surface area contributed by atoms with E-state index in [1.807, 2.05) is 12.1 Å². The Balaban J connectivity index is 2.17. The Morgan fingerprint density at radius 3 is 2.33 bits per heavy atom. The van der Waals surface area contributed by atoms with Crippen LogP contribution in [0.5, 0.6) is 11.5 Å². The molecule has 1 aromatic rings. The highest BCUT2D eigenvalue weighted by molar-refractivity contribution is 9.10. The summed E-state index contributed by atoms with van der Waals surface area (Å²) in [5.74, 6) is 2.03. The van der Waals surface area contributed by atoms with E-state index >= 15 is 0 Å². The molecule has 0 bridgehead atoms. The number of benzene rings is 1. The lowest BCUT2D eigenvalue weighted by molar-refractivity contribution is 0.327. The number of ether oxygens (including phenoxy) is 3. The van der Waals surface area contributed by atoms with E-state index in [0.717, 1.165) is 22.4 Å². The first-order chi connectivity index (χ1) is 8.56. The van der Waals surface area contributed by atoms with Crippen LogP contribution in [-0.2, 0) is 11.2 Å². The summed E-state index contributed by atoms with van der Waals surface area (Å²) in [6.45, 7) is 4.34. The molecule has 3 unspecified atom stereocenters. The highest BCUT2D eigenvalue weighted by Crippen LogP contribution is 2.37. The SMILES string of the molecule is COc1cc(Br)c(CC(C)C2OC2C)cc1OC. The van der Waals surface area contributed by atoms with Gasteiger partial charge in [-0.05, 0) is 37.0 Å². The smallest absolute Gasteiger partial charge is 0.161 e. The molecular weight excluding hydrogens is 296 g/mol. The molecule has 1 aliphatic rings. The zero-order valence-corrected chi connectivity index (χ0v) is 12.8.